The van der Waals surface area contributed by atoms with E-state index >= 15 is 0 Å². The van der Waals surface area contributed by atoms with Gasteiger partial charge in [0, 0.05) is 6.04 Å². The van der Waals surface area contributed by atoms with E-state index < -0.39 is 17.5 Å². The Morgan fingerprint density at radius 2 is 1.88 bits per heavy atom. The van der Waals surface area contributed by atoms with Crippen molar-refractivity contribution in [1.82, 2.24) is 0 Å². The fourth-order valence-electron chi connectivity index (χ4n) is 2.42. The lowest BCUT2D eigenvalue weighted by Crippen LogP contribution is -2.31. The number of benzene rings is 1. The van der Waals surface area contributed by atoms with Crippen molar-refractivity contribution < 1.29 is 13.2 Å². The zero-order valence-electron chi connectivity index (χ0n) is 9.99. The summed E-state index contributed by atoms with van der Waals surface area (Å²) in [7, 11) is 0. The SMILES string of the molecule is CC1(C)CCCC1Nc1ccc(F)c(F)c1F. The molecule has 2 rings (SSSR count). The summed E-state index contributed by atoms with van der Waals surface area (Å²) in [6.07, 6.45) is 3.04. The quantitative estimate of drug-likeness (QED) is 0.771. The third kappa shape index (κ3) is 2.26. The average Bonchev–Trinajstić information content (AvgIpc) is 2.59. The molecule has 0 amide bonds. The van der Waals surface area contributed by atoms with E-state index in [-0.39, 0.29) is 17.1 Å². The molecule has 0 saturated heterocycles. The van der Waals surface area contributed by atoms with Crippen molar-refractivity contribution in [3.63, 3.8) is 0 Å². The highest BCUT2D eigenvalue weighted by Crippen LogP contribution is 2.39. The first-order valence-corrected chi connectivity index (χ1v) is 5.82. The monoisotopic (exact) mass is 243 g/mol. The second kappa shape index (κ2) is 4.24. The number of halogens is 3. The number of anilines is 1. The third-order valence-corrected chi connectivity index (χ3v) is 3.62. The summed E-state index contributed by atoms with van der Waals surface area (Å²) in [5.74, 6) is -3.70. The van der Waals surface area contributed by atoms with Gasteiger partial charge < -0.3 is 5.32 Å². The average molecular weight is 243 g/mol. The van der Waals surface area contributed by atoms with Crippen LogP contribution in [-0.2, 0) is 0 Å². The van der Waals surface area contributed by atoms with Gasteiger partial charge in [0.15, 0.2) is 17.5 Å². The minimum atomic E-state index is -1.41. The second-order valence-electron chi connectivity index (χ2n) is 5.30. The Bertz CT molecular complexity index is 429. The predicted molar refractivity (Wildman–Crippen MR) is 61.4 cm³/mol. The molecule has 0 bridgehead atoms. The first-order valence-electron chi connectivity index (χ1n) is 5.82. The number of nitrogens with one attached hydrogen (secondary N) is 1. The minimum Gasteiger partial charge on any atom is -0.379 e. The molecule has 1 aromatic rings. The van der Waals surface area contributed by atoms with Crippen LogP contribution in [0.25, 0.3) is 0 Å². The summed E-state index contributed by atoms with van der Waals surface area (Å²) < 4.78 is 39.3. The predicted octanol–water partition coefficient (Wildman–Crippen LogP) is 4.09. The number of hydrogen-bond donors (Lipinski definition) is 1. The van der Waals surface area contributed by atoms with E-state index in [1.165, 1.54) is 6.07 Å². The van der Waals surface area contributed by atoms with E-state index in [1.807, 2.05) is 0 Å². The van der Waals surface area contributed by atoms with Crippen molar-refractivity contribution in [2.45, 2.75) is 39.2 Å². The fourth-order valence-corrected chi connectivity index (χ4v) is 2.42. The first-order chi connectivity index (χ1) is 7.92. The van der Waals surface area contributed by atoms with Crippen LogP contribution in [0.2, 0.25) is 0 Å². The molecule has 1 atom stereocenters. The molecule has 0 heterocycles. The van der Waals surface area contributed by atoms with Crippen LogP contribution in [0.5, 0.6) is 0 Å². The van der Waals surface area contributed by atoms with Gasteiger partial charge in [-0.3, -0.25) is 0 Å². The lowest BCUT2D eigenvalue weighted by Gasteiger charge is -2.28. The summed E-state index contributed by atoms with van der Waals surface area (Å²) in [5.41, 5.74) is 0.0981. The van der Waals surface area contributed by atoms with Crippen molar-refractivity contribution >= 4 is 5.69 Å². The number of rotatable bonds is 2. The van der Waals surface area contributed by atoms with E-state index in [2.05, 4.69) is 19.2 Å². The highest BCUT2D eigenvalue weighted by atomic mass is 19.2. The third-order valence-electron chi connectivity index (χ3n) is 3.62. The fraction of sp³-hybridized carbons (Fsp3) is 0.538. The van der Waals surface area contributed by atoms with Crippen LogP contribution in [0, 0.1) is 22.9 Å². The zero-order chi connectivity index (χ0) is 12.6. The molecule has 1 aliphatic carbocycles. The Morgan fingerprint density at radius 3 is 2.47 bits per heavy atom. The molecule has 17 heavy (non-hydrogen) atoms. The molecule has 0 aliphatic heterocycles. The van der Waals surface area contributed by atoms with Crippen molar-refractivity contribution in [3.05, 3.63) is 29.6 Å². The molecule has 1 unspecified atom stereocenters. The Kier molecular flexibility index (Phi) is 3.06. The van der Waals surface area contributed by atoms with Crippen LogP contribution in [-0.4, -0.2) is 6.04 Å². The van der Waals surface area contributed by atoms with Gasteiger partial charge in [0.1, 0.15) is 0 Å². The summed E-state index contributed by atoms with van der Waals surface area (Å²) in [5, 5.41) is 2.99. The Morgan fingerprint density at radius 1 is 1.18 bits per heavy atom. The topological polar surface area (TPSA) is 12.0 Å². The van der Waals surface area contributed by atoms with Gasteiger partial charge in [-0.05, 0) is 30.4 Å². The highest BCUT2D eigenvalue weighted by molar-refractivity contribution is 5.46. The Balaban J connectivity index is 2.22. The van der Waals surface area contributed by atoms with E-state index in [9.17, 15) is 13.2 Å². The molecule has 0 spiro atoms. The van der Waals surface area contributed by atoms with Gasteiger partial charge >= 0.3 is 0 Å². The molecule has 1 aliphatic rings. The zero-order valence-corrected chi connectivity index (χ0v) is 9.99. The molecule has 4 heteroatoms. The summed E-state index contributed by atoms with van der Waals surface area (Å²) in [6.45, 7) is 4.19. The summed E-state index contributed by atoms with van der Waals surface area (Å²) in [4.78, 5) is 0. The van der Waals surface area contributed by atoms with Gasteiger partial charge in [-0.15, -0.1) is 0 Å². The van der Waals surface area contributed by atoms with Gasteiger partial charge in [0.2, 0.25) is 0 Å². The smallest absolute Gasteiger partial charge is 0.196 e. The van der Waals surface area contributed by atoms with Crippen LogP contribution in [0.3, 0.4) is 0 Å². The molecule has 0 radical (unpaired) electrons. The maximum atomic E-state index is 13.5. The lowest BCUT2D eigenvalue weighted by molar-refractivity contribution is 0.348. The molecule has 1 aromatic carbocycles. The van der Waals surface area contributed by atoms with E-state index in [0.717, 1.165) is 25.3 Å². The van der Waals surface area contributed by atoms with Crippen molar-refractivity contribution in [1.29, 1.82) is 0 Å². The van der Waals surface area contributed by atoms with Crippen LogP contribution in [0.15, 0.2) is 12.1 Å². The van der Waals surface area contributed by atoms with E-state index in [0.29, 0.717) is 0 Å². The minimum absolute atomic E-state index is 0.0453. The molecule has 1 nitrogen and oxygen atoms in total. The van der Waals surface area contributed by atoms with E-state index in [1.54, 1.807) is 0 Å². The van der Waals surface area contributed by atoms with Crippen molar-refractivity contribution in [2.24, 2.45) is 5.41 Å². The van der Waals surface area contributed by atoms with Gasteiger partial charge in [-0.2, -0.15) is 0 Å². The standard InChI is InChI=1S/C13H16F3N/c1-13(2)7-3-4-10(13)17-9-6-5-8(14)11(15)12(9)16/h5-6,10,17H,3-4,7H2,1-2H3. The lowest BCUT2D eigenvalue weighted by atomic mass is 9.87. The molecule has 1 N–H and O–H groups in total. The van der Waals surface area contributed by atoms with Gasteiger partial charge in [0.05, 0.1) is 5.69 Å². The molecule has 1 saturated carbocycles. The van der Waals surface area contributed by atoms with Gasteiger partial charge in [0.25, 0.3) is 0 Å². The molecular formula is C13H16F3N. The molecule has 94 valence electrons. The van der Waals surface area contributed by atoms with Crippen LogP contribution >= 0.6 is 0 Å². The van der Waals surface area contributed by atoms with Crippen molar-refractivity contribution in [2.75, 3.05) is 5.32 Å². The Hall–Kier alpha value is -1.19. The summed E-state index contributed by atoms with van der Waals surface area (Å²) >= 11 is 0. The molecular weight excluding hydrogens is 227 g/mol. The van der Waals surface area contributed by atoms with E-state index in [4.69, 9.17) is 0 Å². The van der Waals surface area contributed by atoms with Crippen LogP contribution in [0.1, 0.15) is 33.1 Å². The maximum absolute atomic E-state index is 13.5. The summed E-state index contributed by atoms with van der Waals surface area (Å²) in [6, 6.07) is 2.30. The molecule has 1 fully saturated rings. The maximum Gasteiger partial charge on any atom is 0.196 e. The van der Waals surface area contributed by atoms with Crippen molar-refractivity contribution in [3.8, 4) is 0 Å². The van der Waals surface area contributed by atoms with Crippen LogP contribution < -0.4 is 5.32 Å². The first kappa shape index (κ1) is 12.3. The Labute approximate surface area is 99.0 Å². The largest absolute Gasteiger partial charge is 0.379 e. The van der Waals surface area contributed by atoms with Crippen LogP contribution in [0.4, 0.5) is 18.9 Å². The van der Waals surface area contributed by atoms with Gasteiger partial charge in [-0.25, -0.2) is 13.2 Å². The second-order valence-corrected chi connectivity index (χ2v) is 5.30. The highest BCUT2D eigenvalue weighted by Gasteiger charge is 2.34. The number of hydrogen-bond acceptors (Lipinski definition) is 1. The molecule has 0 aromatic heterocycles. The van der Waals surface area contributed by atoms with Gasteiger partial charge in [-0.1, -0.05) is 20.3 Å². The normalized spacial score (nSPS) is 22.8.